The molecule has 0 aliphatic carbocycles. The summed E-state index contributed by atoms with van der Waals surface area (Å²) in [6.07, 6.45) is 5.93. The van der Waals surface area contributed by atoms with Gasteiger partial charge in [0.1, 0.15) is 5.60 Å². The Morgan fingerprint density at radius 3 is 2.42 bits per heavy atom. The van der Waals surface area contributed by atoms with Crippen LogP contribution in [0.25, 0.3) is 0 Å². The van der Waals surface area contributed by atoms with E-state index in [0.29, 0.717) is 18.7 Å². The van der Waals surface area contributed by atoms with Crippen LogP contribution in [0.5, 0.6) is 0 Å². The van der Waals surface area contributed by atoms with Crippen LogP contribution in [0.3, 0.4) is 0 Å². The number of carbonyl (C=O) groups is 2. The third-order valence-electron chi connectivity index (χ3n) is 3.96. The highest BCUT2D eigenvalue weighted by Gasteiger charge is 2.30. The van der Waals surface area contributed by atoms with Gasteiger partial charge in [-0.1, -0.05) is 31.8 Å². The summed E-state index contributed by atoms with van der Waals surface area (Å²) in [6.45, 7) is 10.7. The van der Waals surface area contributed by atoms with E-state index in [9.17, 15) is 9.59 Å². The van der Waals surface area contributed by atoms with E-state index in [1.165, 1.54) is 19.3 Å². The topological polar surface area (TPSA) is 55.8 Å². The van der Waals surface area contributed by atoms with Gasteiger partial charge in [0.05, 0.1) is 18.7 Å². The second kappa shape index (κ2) is 9.70. The zero-order valence-electron chi connectivity index (χ0n) is 15.9. The van der Waals surface area contributed by atoms with Crippen molar-refractivity contribution in [3.63, 3.8) is 0 Å². The van der Waals surface area contributed by atoms with Crippen LogP contribution in [0.2, 0.25) is 0 Å². The van der Waals surface area contributed by atoms with E-state index >= 15 is 0 Å². The number of unbranched alkanes of at least 4 members (excludes halogenated alkanes) is 3. The molecule has 5 nitrogen and oxygen atoms in total. The third-order valence-corrected chi connectivity index (χ3v) is 3.96. The summed E-state index contributed by atoms with van der Waals surface area (Å²) < 4.78 is 10.6. The Hall–Kier alpha value is -1.52. The minimum absolute atomic E-state index is 0.289. The molecular weight excluding hydrogens is 306 g/mol. The van der Waals surface area contributed by atoms with E-state index in [2.05, 4.69) is 6.92 Å². The minimum Gasteiger partial charge on any atom is -0.463 e. The van der Waals surface area contributed by atoms with E-state index in [1.54, 1.807) is 11.8 Å². The first-order chi connectivity index (χ1) is 11.3. The van der Waals surface area contributed by atoms with Gasteiger partial charge >= 0.3 is 12.1 Å². The SMILES string of the molecule is CCCCCCC1=C(C(=O)OCC)CN(C(=O)OC(C)(C)C)CC1. The van der Waals surface area contributed by atoms with Crippen LogP contribution in [-0.4, -0.2) is 42.3 Å². The average Bonchev–Trinajstić information content (AvgIpc) is 2.50. The first kappa shape index (κ1) is 20.5. The predicted molar refractivity (Wildman–Crippen MR) is 94.8 cm³/mol. The maximum atomic E-state index is 12.3. The zero-order valence-corrected chi connectivity index (χ0v) is 15.9. The van der Waals surface area contributed by atoms with Crippen molar-refractivity contribution >= 4 is 12.1 Å². The standard InChI is InChI=1S/C19H33NO4/c1-6-8-9-10-11-15-12-13-20(18(22)24-19(3,4)5)14-16(15)17(21)23-7-2/h6-14H2,1-5H3. The van der Waals surface area contributed by atoms with Crippen molar-refractivity contribution in [2.75, 3.05) is 19.7 Å². The Balaban J connectivity index is 2.79. The van der Waals surface area contributed by atoms with Crippen molar-refractivity contribution in [3.05, 3.63) is 11.1 Å². The molecule has 5 heteroatoms. The summed E-state index contributed by atoms with van der Waals surface area (Å²) in [6, 6.07) is 0. The van der Waals surface area contributed by atoms with E-state index < -0.39 is 5.60 Å². The maximum absolute atomic E-state index is 12.3. The van der Waals surface area contributed by atoms with Crippen LogP contribution in [0, 0.1) is 0 Å². The average molecular weight is 339 g/mol. The van der Waals surface area contributed by atoms with Crippen LogP contribution in [-0.2, 0) is 14.3 Å². The molecule has 0 N–H and O–H groups in total. The van der Waals surface area contributed by atoms with Crippen molar-refractivity contribution < 1.29 is 19.1 Å². The number of rotatable bonds is 7. The molecule has 0 radical (unpaired) electrons. The van der Waals surface area contributed by atoms with Crippen molar-refractivity contribution in [3.8, 4) is 0 Å². The second-order valence-corrected chi connectivity index (χ2v) is 7.27. The van der Waals surface area contributed by atoms with Gasteiger partial charge < -0.3 is 14.4 Å². The highest BCUT2D eigenvalue weighted by molar-refractivity contribution is 5.91. The summed E-state index contributed by atoms with van der Waals surface area (Å²) in [5.74, 6) is -0.295. The van der Waals surface area contributed by atoms with Crippen LogP contribution in [0.15, 0.2) is 11.1 Å². The molecule has 0 bridgehead atoms. The molecule has 0 aromatic carbocycles. The van der Waals surface area contributed by atoms with Crippen molar-refractivity contribution in [1.29, 1.82) is 0 Å². The molecular formula is C19H33NO4. The highest BCUT2D eigenvalue weighted by Crippen LogP contribution is 2.25. The first-order valence-electron chi connectivity index (χ1n) is 9.14. The quantitative estimate of drug-likeness (QED) is 0.508. The fraction of sp³-hybridized carbons (Fsp3) is 0.789. The number of nitrogens with zero attached hydrogens (tertiary/aromatic N) is 1. The lowest BCUT2D eigenvalue weighted by Crippen LogP contribution is -2.42. The zero-order chi connectivity index (χ0) is 18.2. The molecule has 1 aliphatic rings. The molecule has 0 fully saturated rings. The molecule has 24 heavy (non-hydrogen) atoms. The molecule has 0 aromatic heterocycles. The summed E-state index contributed by atoms with van der Waals surface area (Å²) in [4.78, 5) is 26.2. The molecule has 0 saturated carbocycles. The van der Waals surface area contributed by atoms with E-state index in [0.717, 1.165) is 24.8 Å². The Bertz CT molecular complexity index is 462. The molecule has 1 heterocycles. The molecule has 1 amide bonds. The predicted octanol–water partition coefficient (Wildman–Crippen LogP) is 4.46. The van der Waals surface area contributed by atoms with Gasteiger partial charge in [0.25, 0.3) is 0 Å². The Morgan fingerprint density at radius 1 is 1.12 bits per heavy atom. The summed E-state index contributed by atoms with van der Waals surface area (Å²) in [7, 11) is 0. The summed E-state index contributed by atoms with van der Waals surface area (Å²) in [5.41, 5.74) is 1.25. The van der Waals surface area contributed by atoms with Crippen LogP contribution in [0.1, 0.15) is 73.1 Å². The van der Waals surface area contributed by atoms with Gasteiger partial charge in [-0.05, 0) is 47.0 Å². The Labute approximate surface area is 146 Å². The number of hydrogen-bond donors (Lipinski definition) is 0. The van der Waals surface area contributed by atoms with E-state index in [1.807, 2.05) is 20.8 Å². The third kappa shape index (κ3) is 6.93. The van der Waals surface area contributed by atoms with Crippen LogP contribution >= 0.6 is 0 Å². The highest BCUT2D eigenvalue weighted by atomic mass is 16.6. The van der Waals surface area contributed by atoms with Gasteiger partial charge in [0.2, 0.25) is 0 Å². The molecule has 0 unspecified atom stereocenters. The van der Waals surface area contributed by atoms with Gasteiger partial charge in [-0.2, -0.15) is 0 Å². The lowest BCUT2D eigenvalue weighted by Gasteiger charge is -2.32. The molecule has 0 aromatic rings. The molecule has 0 spiro atoms. The Kier molecular flexibility index (Phi) is 8.29. The van der Waals surface area contributed by atoms with E-state index in [4.69, 9.17) is 9.47 Å². The largest absolute Gasteiger partial charge is 0.463 e. The van der Waals surface area contributed by atoms with Gasteiger partial charge in [-0.25, -0.2) is 9.59 Å². The Morgan fingerprint density at radius 2 is 1.83 bits per heavy atom. The lowest BCUT2D eigenvalue weighted by atomic mass is 9.95. The smallest absolute Gasteiger partial charge is 0.410 e. The van der Waals surface area contributed by atoms with Crippen molar-refractivity contribution in [1.82, 2.24) is 4.90 Å². The number of ether oxygens (including phenoxy) is 2. The summed E-state index contributed by atoms with van der Waals surface area (Å²) in [5, 5.41) is 0. The molecule has 1 rings (SSSR count). The molecule has 138 valence electrons. The lowest BCUT2D eigenvalue weighted by molar-refractivity contribution is -0.139. The van der Waals surface area contributed by atoms with Crippen molar-refractivity contribution in [2.45, 2.75) is 78.7 Å². The van der Waals surface area contributed by atoms with E-state index in [-0.39, 0.29) is 18.6 Å². The first-order valence-corrected chi connectivity index (χ1v) is 9.14. The second-order valence-electron chi connectivity index (χ2n) is 7.27. The minimum atomic E-state index is -0.536. The van der Waals surface area contributed by atoms with Gasteiger partial charge in [-0.3, -0.25) is 0 Å². The molecule has 0 saturated heterocycles. The maximum Gasteiger partial charge on any atom is 0.410 e. The van der Waals surface area contributed by atoms with Gasteiger partial charge in [0, 0.05) is 6.54 Å². The fourth-order valence-electron chi connectivity index (χ4n) is 2.75. The number of amides is 1. The number of esters is 1. The van der Waals surface area contributed by atoms with Gasteiger partial charge in [0.15, 0.2) is 0 Å². The fourth-order valence-corrected chi connectivity index (χ4v) is 2.75. The summed E-state index contributed by atoms with van der Waals surface area (Å²) >= 11 is 0. The van der Waals surface area contributed by atoms with Crippen LogP contribution < -0.4 is 0 Å². The van der Waals surface area contributed by atoms with Gasteiger partial charge in [-0.15, -0.1) is 0 Å². The van der Waals surface area contributed by atoms with Crippen LogP contribution in [0.4, 0.5) is 4.79 Å². The monoisotopic (exact) mass is 339 g/mol. The number of carbonyl (C=O) groups excluding carboxylic acids is 2. The molecule has 0 atom stereocenters. The molecule has 1 aliphatic heterocycles. The van der Waals surface area contributed by atoms with Crippen molar-refractivity contribution in [2.24, 2.45) is 0 Å². The normalized spacial score (nSPS) is 15.5. The number of hydrogen-bond acceptors (Lipinski definition) is 4.